The van der Waals surface area contributed by atoms with Gasteiger partial charge in [-0.3, -0.25) is 0 Å². The Morgan fingerprint density at radius 1 is 0.957 bits per heavy atom. The summed E-state index contributed by atoms with van der Waals surface area (Å²) in [7, 11) is 0. The summed E-state index contributed by atoms with van der Waals surface area (Å²) in [6, 6.07) is 1.90. The lowest BCUT2D eigenvalue weighted by atomic mass is 9.47. The van der Waals surface area contributed by atoms with E-state index in [1.807, 2.05) is 6.07 Å². The molecule has 23 heavy (non-hydrogen) atoms. The number of benzene rings is 1. The third-order valence-corrected chi connectivity index (χ3v) is 6.80. The molecule has 1 aromatic carbocycles. The monoisotopic (exact) mass is 314 g/mol. The highest BCUT2D eigenvalue weighted by molar-refractivity contribution is 5.58. The van der Waals surface area contributed by atoms with Crippen molar-refractivity contribution in [2.45, 2.75) is 77.0 Å². The van der Waals surface area contributed by atoms with Gasteiger partial charge in [0.1, 0.15) is 11.5 Å². The molecule has 0 saturated heterocycles. The molecular formula is C21H30O2. The number of hydrogen-bond acceptors (Lipinski definition) is 2. The van der Waals surface area contributed by atoms with Crippen molar-refractivity contribution in [1.29, 1.82) is 0 Å². The van der Waals surface area contributed by atoms with Crippen LogP contribution in [0.1, 0.15) is 76.0 Å². The Bertz CT molecular complexity index is 616. The average Bonchev–Trinajstić information content (AvgIpc) is 2.33. The molecule has 0 heterocycles. The molecule has 4 aliphatic rings. The van der Waals surface area contributed by atoms with E-state index in [1.165, 1.54) is 44.1 Å². The van der Waals surface area contributed by atoms with Gasteiger partial charge in [-0.2, -0.15) is 0 Å². The lowest BCUT2D eigenvalue weighted by Gasteiger charge is -2.57. The van der Waals surface area contributed by atoms with Crippen molar-refractivity contribution >= 4 is 0 Å². The van der Waals surface area contributed by atoms with Crippen LogP contribution in [0.4, 0.5) is 0 Å². The van der Waals surface area contributed by atoms with Crippen molar-refractivity contribution in [1.82, 2.24) is 0 Å². The number of hydrogen-bond donors (Lipinski definition) is 2. The normalized spacial score (nSPS) is 35.7. The van der Waals surface area contributed by atoms with Crippen LogP contribution in [0.15, 0.2) is 6.07 Å². The van der Waals surface area contributed by atoms with E-state index in [9.17, 15) is 10.2 Å². The fourth-order valence-corrected chi connectivity index (χ4v) is 6.61. The van der Waals surface area contributed by atoms with Gasteiger partial charge >= 0.3 is 0 Å². The zero-order chi connectivity index (χ0) is 16.6. The van der Waals surface area contributed by atoms with Crippen LogP contribution in [0.25, 0.3) is 0 Å². The Balaban J connectivity index is 1.89. The first-order chi connectivity index (χ1) is 10.7. The Hall–Kier alpha value is -1.18. The third kappa shape index (κ3) is 2.21. The molecule has 126 valence electrons. The summed E-state index contributed by atoms with van der Waals surface area (Å²) in [5.41, 5.74) is 2.89. The van der Waals surface area contributed by atoms with Crippen LogP contribution < -0.4 is 0 Å². The predicted octanol–water partition coefficient (Wildman–Crippen LogP) is 5.17. The molecule has 2 N–H and O–H groups in total. The van der Waals surface area contributed by atoms with Gasteiger partial charge in [0.05, 0.1) is 0 Å². The van der Waals surface area contributed by atoms with Crippen molar-refractivity contribution in [3.05, 3.63) is 22.8 Å². The summed E-state index contributed by atoms with van der Waals surface area (Å²) in [4.78, 5) is 0. The van der Waals surface area contributed by atoms with Gasteiger partial charge < -0.3 is 10.2 Å². The zero-order valence-corrected chi connectivity index (χ0v) is 14.9. The maximum atomic E-state index is 11.2. The predicted molar refractivity (Wildman–Crippen MR) is 93.1 cm³/mol. The molecule has 0 spiro atoms. The molecule has 5 rings (SSSR count). The molecule has 1 aromatic rings. The highest BCUT2D eigenvalue weighted by Gasteiger charge is 2.53. The van der Waals surface area contributed by atoms with E-state index in [4.69, 9.17) is 0 Å². The zero-order valence-electron chi connectivity index (χ0n) is 14.9. The molecule has 2 nitrogen and oxygen atoms in total. The summed E-state index contributed by atoms with van der Waals surface area (Å²) in [5, 5.41) is 21.6. The molecular weight excluding hydrogens is 284 g/mol. The van der Waals surface area contributed by atoms with Crippen LogP contribution in [0.5, 0.6) is 11.5 Å². The van der Waals surface area contributed by atoms with Crippen LogP contribution in [-0.2, 0) is 10.8 Å². The number of phenols is 2. The number of phenolic OH excluding ortho intramolecular Hbond substituents is 2. The molecule has 0 aromatic heterocycles. The minimum atomic E-state index is -0.251. The van der Waals surface area contributed by atoms with E-state index in [2.05, 4.69) is 27.7 Å². The lowest BCUT2D eigenvalue weighted by molar-refractivity contribution is -0.00653. The largest absolute Gasteiger partial charge is 0.507 e. The van der Waals surface area contributed by atoms with E-state index in [0.29, 0.717) is 5.75 Å². The van der Waals surface area contributed by atoms with Crippen molar-refractivity contribution in [2.24, 2.45) is 17.8 Å². The topological polar surface area (TPSA) is 40.5 Å². The molecule has 4 bridgehead atoms. The third-order valence-electron chi connectivity index (χ3n) is 6.80. The van der Waals surface area contributed by atoms with Gasteiger partial charge in [0, 0.05) is 16.5 Å². The molecule has 4 saturated carbocycles. The number of aromatic hydroxyl groups is 2. The first-order valence-corrected chi connectivity index (χ1v) is 9.26. The maximum absolute atomic E-state index is 11.2. The van der Waals surface area contributed by atoms with Gasteiger partial charge in [-0.1, -0.05) is 20.8 Å². The van der Waals surface area contributed by atoms with Crippen molar-refractivity contribution in [3.8, 4) is 11.5 Å². The molecule has 4 fully saturated rings. The van der Waals surface area contributed by atoms with Crippen molar-refractivity contribution < 1.29 is 10.2 Å². The van der Waals surface area contributed by atoms with Crippen LogP contribution >= 0.6 is 0 Å². The minimum absolute atomic E-state index is 0.163. The van der Waals surface area contributed by atoms with Crippen molar-refractivity contribution in [3.63, 3.8) is 0 Å². The second-order valence-corrected chi connectivity index (χ2v) is 9.76. The Morgan fingerprint density at radius 2 is 1.43 bits per heavy atom. The highest BCUT2D eigenvalue weighted by Crippen LogP contribution is 2.63. The lowest BCUT2D eigenvalue weighted by Crippen LogP contribution is -2.49. The van der Waals surface area contributed by atoms with E-state index in [0.717, 1.165) is 28.9 Å². The Kier molecular flexibility index (Phi) is 3.12. The maximum Gasteiger partial charge on any atom is 0.127 e. The van der Waals surface area contributed by atoms with E-state index < -0.39 is 0 Å². The number of rotatable bonds is 1. The molecule has 0 atom stereocenters. The van der Waals surface area contributed by atoms with Crippen LogP contribution in [-0.4, -0.2) is 10.2 Å². The van der Waals surface area contributed by atoms with Gasteiger partial charge in [-0.15, -0.1) is 0 Å². The van der Waals surface area contributed by atoms with Gasteiger partial charge in [0.25, 0.3) is 0 Å². The van der Waals surface area contributed by atoms with E-state index >= 15 is 0 Å². The second kappa shape index (κ2) is 4.68. The van der Waals surface area contributed by atoms with Gasteiger partial charge in [0.15, 0.2) is 0 Å². The molecule has 4 aliphatic carbocycles. The van der Waals surface area contributed by atoms with Crippen molar-refractivity contribution in [2.75, 3.05) is 0 Å². The standard InChI is InChI=1S/C21H30O2/c1-12-5-16(22)18(20(2,3)4)19(23)17(12)21-9-13-6-14(10-21)8-15(7-13)11-21/h5,13-15,22-23H,6-11H2,1-4H3. The summed E-state index contributed by atoms with van der Waals surface area (Å²) in [6.45, 7) is 8.28. The summed E-state index contributed by atoms with van der Waals surface area (Å²) in [5.74, 6) is 3.20. The van der Waals surface area contributed by atoms with E-state index in [1.54, 1.807) is 0 Å². The molecule has 0 aliphatic heterocycles. The first kappa shape index (κ1) is 15.4. The summed E-state index contributed by atoms with van der Waals surface area (Å²) >= 11 is 0. The SMILES string of the molecule is Cc1cc(O)c(C(C)(C)C)c(O)c1C12CC3CC(CC(C3)C1)C2. The summed E-state index contributed by atoms with van der Waals surface area (Å²) < 4.78 is 0. The second-order valence-electron chi connectivity index (χ2n) is 9.76. The quantitative estimate of drug-likeness (QED) is 0.750. The number of aryl methyl sites for hydroxylation is 1. The molecule has 0 amide bonds. The fourth-order valence-electron chi connectivity index (χ4n) is 6.61. The molecule has 0 unspecified atom stereocenters. The van der Waals surface area contributed by atoms with Crippen LogP contribution in [0.3, 0.4) is 0 Å². The van der Waals surface area contributed by atoms with Crippen LogP contribution in [0.2, 0.25) is 0 Å². The Labute approximate surface area is 139 Å². The fraction of sp³-hybridized carbons (Fsp3) is 0.714. The highest BCUT2D eigenvalue weighted by atomic mass is 16.3. The van der Waals surface area contributed by atoms with Gasteiger partial charge in [-0.05, 0) is 80.2 Å². The Morgan fingerprint density at radius 3 is 1.87 bits per heavy atom. The summed E-state index contributed by atoms with van der Waals surface area (Å²) in [6.07, 6.45) is 7.93. The minimum Gasteiger partial charge on any atom is -0.507 e. The molecule has 0 radical (unpaired) electrons. The van der Waals surface area contributed by atoms with E-state index in [-0.39, 0.29) is 16.6 Å². The molecule has 2 heteroatoms. The smallest absolute Gasteiger partial charge is 0.127 e. The van der Waals surface area contributed by atoms with Gasteiger partial charge in [-0.25, -0.2) is 0 Å². The van der Waals surface area contributed by atoms with Crippen LogP contribution in [0, 0.1) is 24.7 Å². The first-order valence-electron chi connectivity index (χ1n) is 9.26. The van der Waals surface area contributed by atoms with Gasteiger partial charge in [0.2, 0.25) is 0 Å². The average molecular weight is 314 g/mol.